The van der Waals surface area contributed by atoms with Crippen molar-refractivity contribution in [2.24, 2.45) is 0 Å². The van der Waals surface area contributed by atoms with E-state index in [9.17, 15) is 4.79 Å². The molecule has 3 nitrogen and oxygen atoms in total. The molecule has 4 heteroatoms. The van der Waals surface area contributed by atoms with Gasteiger partial charge in [-0.05, 0) is 57.2 Å². The molecular weight excluding hydrogens is 292 g/mol. The second-order valence-corrected chi connectivity index (χ2v) is 5.67. The number of nitrogens with zero attached hydrogens (tertiary/aromatic N) is 1. The van der Waals surface area contributed by atoms with Crippen LogP contribution in [0.4, 0.5) is 0 Å². The Kier molecular flexibility index (Phi) is 6.36. The zero-order valence-corrected chi connectivity index (χ0v) is 12.9. The number of carbonyl (C=O) groups is 1. The molecule has 0 fully saturated rings. The first-order valence-electron chi connectivity index (χ1n) is 6.15. The van der Waals surface area contributed by atoms with Gasteiger partial charge in [-0.1, -0.05) is 22.0 Å². The van der Waals surface area contributed by atoms with Crippen LogP contribution in [0.2, 0.25) is 0 Å². The molecule has 100 valence electrons. The summed E-state index contributed by atoms with van der Waals surface area (Å²) in [6.45, 7) is 3.77. The van der Waals surface area contributed by atoms with E-state index in [0.29, 0.717) is 6.42 Å². The van der Waals surface area contributed by atoms with Crippen molar-refractivity contribution >= 4 is 21.8 Å². The fourth-order valence-corrected chi connectivity index (χ4v) is 2.10. The van der Waals surface area contributed by atoms with Crippen LogP contribution in [-0.2, 0) is 11.2 Å². The Labute approximate surface area is 118 Å². The van der Waals surface area contributed by atoms with E-state index in [-0.39, 0.29) is 5.91 Å². The summed E-state index contributed by atoms with van der Waals surface area (Å²) in [4.78, 5) is 13.9. The second-order valence-electron chi connectivity index (χ2n) is 4.75. The van der Waals surface area contributed by atoms with Crippen LogP contribution in [0, 0.1) is 6.92 Å². The monoisotopic (exact) mass is 312 g/mol. The Balaban J connectivity index is 2.38. The lowest BCUT2D eigenvalue weighted by atomic mass is 10.1. The standard InChI is InChI=1S/C14H21BrN2O/c1-11-5-6-13(15)9-12(11)10-14(18)16-7-4-8-17(2)3/h5-6,9H,4,7-8,10H2,1-3H3,(H,16,18). The van der Waals surface area contributed by atoms with Gasteiger partial charge < -0.3 is 10.2 Å². The van der Waals surface area contributed by atoms with Crippen LogP contribution in [0.5, 0.6) is 0 Å². The van der Waals surface area contributed by atoms with E-state index >= 15 is 0 Å². The number of benzene rings is 1. The van der Waals surface area contributed by atoms with Crippen LogP contribution < -0.4 is 5.32 Å². The lowest BCUT2D eigenvalue weighted by molar-refractivity contribution is -0.120. The predicted octanol–water partition coefficient (Wildman–Crippen LogP) is 2.37. The summed E-state index contributed by atoms with van der Waals surface area (Å²) < 4.78 is 1.02. The number of nitrogens with one attached hydrogen (secondary N) is 1. The predicted molar refractivity (Wildman–Crippen MR) is 78.8 cm³/mol. The lowest BCUT2D eigenvalue weighted by Crippen LogP contribution is -2.28. The Morgan fingerprint density at radius 3 is 2.78 bits per heavy atom. The summed E-state index contributed by atoms with van der Waals surface area (Å²) in [5.74, 6) is 0.0926. The number of rotatable bonds is 6. The van der Waals surface area contributed by atoms with Gasteiger partial charge in [-0.25, -0.2) is 0 Å². The zero-order chi connectivity index (χ0) is 13.5. The number of amides is 1. The summed E-state index contributed by atoms with van der Waals surface area (Å²) in [5, 5.41) is 2.95. The molecule has 0 unspecified atom stereocenters. The molecule has 0 aliphatic carbocycles. The molecule has 0 bridgehead atoms. The van der Waals surface area contributed by atoms with Crippen molar-refractivity contribution in [3.05, 3.63) is 33.8 Å². The molecule has 1 aromatic carbocycles. The highest BCUT2D eigenvalue weighted by molar-refractivity contribution is 9.10. The van der Waals surface area contributed by atoms with E-state index in [1.165, 1.54) is 0 Å². The van der Waals surface area contributed by atoms with Crippen LogP contribution in [0.25, 0.3) is 0 Å². The van der Waals surface area contributed by atoms with Crippen molar-refractivity contribution in [3.8, 4) is 0 Å². The largest absolute Gasteiger partial charge is 0.356 e. The fourth-order valence-electron chi connectivity index (χ4n) is 1.69. The number of aryl methyl sites for hydroxylation is 1. The third kappa shape index (κ3) is 5.65. The van der Waals surface area contributed by atoms with E-state index in [1.807, 2.05) is 39.2 Å². The molecule has 1 amide bonds. The van der Waals surface area contributed by atoms with Gasteiger partial charge >= 0.3 is 0 Å². The van der Waals surface area contributed by atoms with Gasteiger partial charge in [0, 0.05) is 11.0 Å². The number of hydrogen-bond donors (Lipinski definition) is 1. The molecule has 0 radical (unpaired) electrons. The van der Waals surface area contributed by atoms with Gasteiger partial charge in [-0.15, -0.1) is 0 Å². The van der Waals surface area contributed by atoms with Gasteiger partial charge in [-0.2, -0.15) is 0 Å². The lowest BCUT2D eigenvalue weighted by Gasteiger charge is -2.10. The molecule has 1 aromatic rings. The van der Waals surface area contributed by atoms with E-state index in [0.717, 1.165) is 35.1 Å². The first-order valence-corrected chi connectivity index (χ1v) is 6.95. The number of halogens is 1. The SMILES string of the molecule is Cc1ccc(Br)cc1CC(=O)NCCCN(C)C. The van der Waals surface area contributed by atoms with Gasteiger partial charge in [0.25, 0.3) is 0 Å². The topological polar surface area (TPSA) is 32.3 Å². The molecule has 0 aromatic heterocycles. The van der Waals surface area contributed by atoms with Crippen LogP contribution in [0.3, 0.4) is 0 Å². The van der Waals surface area contributed by atoms with Crippen molar-refractivity contribution in [1.82, 2.24) is 10.2 Å². The minimum Gasteiger partial charge on any atom is -0.356 e. The average molecular weight is 313 g/mol. The van der Waals surface area contributed by atoms with Crippen molar-refractivity contribution in [2.75, 3.05) is 27.2 Å². The quantitative estimate of drug-likeness (QED) is 0.818. The summed E-state index contributed by atoms with van der Waals surface area (Å²) >= 11 is 3.43. The van der Waals surface area contributed by atoms with Crippen LogP contribution in [0.15, 0.2) is 22.7 Å². The minimum atomic E-state index is 0.0926. The summed E-state index contributed by atoms with van der Waals surface area (Å²) in [6.07, 6.45) is 1.43. The number of hydrogen-bond acceptors (Lipinski definition) is 2. The van der Waals surface area contributed by atoms with Gasteiger partial charge in [0.1, 0.15) is 0 Å². The van der Waals surface area contributed by atoms with Crippen LogP contribution >= 0.6 is 15.9 Å². The first kappa shape index (κ1) is 15.2. The molecule has 0 aliphatic rings. The Morgan fingerprint density at radius 1 is 1.39 bits per heavy atom. The maximum Gasteiger partial charge on any atom is 0.224 e. The summed E-state index contributed by atoms with van der Waals surface area (Å²) in [5.41, 5.74) is 2.23. The fraction of sp³-hybridized carbons (Fsp3) is 0.500. The van der Waals surface area contributed by atoms with Crippen molar-refractivity contribution in [2.45, 2.75) is 19.8 Å². The summed E-state index contributed by atoms with van der Waals surface area (Å²) in [7, 11) is 4.07. The Hall–Kier alpha value is -0.870. The molecule has 0 saturated carbocycles. The van der Waals surface area contributed by atoms with Gasteiger partial charge in [0.2, 0.25) is 5.91 Å². The molecule has 0 aliphatic heterocycles. The number of carbonyl (C=O) groups excluding carboxylic acids is 1. The molecular formula is C14H21BrN2O. The highest BCUT2D eigenvalue weighted by Crippen LogP contribution is 2.16. The summed E-state index contributed by atoms with van der Waals surface area (Å²) in [6, 6.07) is 6.03. The van der Waals surface area contributed by atoms with E-state index < -0.39 is 0 Å². The average Bonchev–Trinajstić information content (AvgIpc) is 2.29. The molecule has 0 saturated heterocycles. The maximum atomic E-state index is 11.8. The van der Waals surface area contributed by atoms with E-state index in [2.05, 4.69) is 26.1 Å². The molecule has 18 heavy (non-hydrogen) atoms. The molecule has 0 spiro atoms. The Bertz CT molecular complexity index is 405. The molecule has 0 heterocycles. The maximum absolute atomic E-state index is 11.8. The van der Waals surface area contributed by atoms with Gasteiger partial charge in [-0.3, -0.25) is 4.79 Å². The van der Waals surface area contributed by atoms with Gasteiger partial charge in [0.05, 0.1) is 6.42 Å². The molecule has 0 atom stereocenters. The van der Waals surface area contributed by atoms with E-state index in [4.69, 9.17) is 0 Å². The highest BCUT2D eigenvalue weighted by Gasteiger charge is 2.06. The van der Waals surface area contributed by atoms with Crippen molar-refractivity contribution < 1.29 is 4.79 Å². The van der Waals surface area contributed by atoms with Crippen molar-refractivity contribution in [3.63, 3.8) is 0 Å². The third-order valence-electron chi connectivity index (χ3n) is 2.77. The Morgan fingerprint density at radius 2 is 2.11 bits per heavy atom. The highest BCUT2D eigenvalue weighted by atomic mass is 79.9. The van der Waals surface area contributed by atoms with Crippen LogP contribution in [-0.4, -0.2) is 38.0 Å². The van der Waals surface area contributed by atoms with Crippen LogP contribution in [0.1, 0.15) is 17.5 Å². The third-order valence-corrected chi connectivity index (χ3v) is 3.26. The molecule has 1 N–H and O–H groups in total. The normalized spacial score (nSPS) is 10.7. The zero-order valence-electron chi connectivity index (χ0n) is 11.3. The van der Waals surface area contributed by atoms with Gasteiger partial charge in [0.15, 0.2) is 0 Å². The first-order chi connectivity index (χ1) is 8.49. The molecule has 1 rings (SSSR count). The van der Waals surface area contributed by atoms with Crippen molar-refractivity contribution in [1.29, 1.82) is 0 Å². The second kappa shape index (κ2) is 7.54. The minimum absolute atomic E-state index is 0.0926. The smallest absolute Gasteiger partial charge is 0.224 e. The van der Waals surface area contributed by atoms with E-state index in [1.54, 1.807) is 0 Å².